The highest BCUT2D eigenvalue weighted by Gasteiger charge is 2.24. The first kappa shape index (κ1) is 17.4. The number of alkyl halides is 1. The summed E-state index contributed by atoms with van der Waals surface area (Å²) >= 11 is 2.44. The molecule has 0 aliphatic rings. The van der Waals surface area contributed by atoms with Crippen molar-refractivity contribution in [2.24, 2.45) is 0 Å². The van der Waals surface area contributed by atoms with Gasteiger partial charge in [-0.1, -0.05) is 114 Å². The molecule has 1 unspecified atom stereocenters. The number of halogens is 1. The van der Waals surface area contributed by atoms with Gasteiger partial charge in [-0.3, -0.25) is 0 Å². The van der Waals surface area contributed by atoms with Crippen molar-refractivity contribution >= 4 is 42.0 Å². The molecule has 0 saturated heterocycles. The number of rotatable bonds is 7. The molecule has 0 bridgehead atoms. The molecule has 0 heterocycles. The fraction of sp³-hybridized carbons (Fsp3) is 0.143. The molecule has 1 atom stereocenters. The van der Waals surface area contributed by atoms with Crippen LogP contribution in [0.2, 0.25) is 0 Å². The first-order valence-corrected chi connectivity index (χ1v) is 11.1. The maximum absolute atomic E-state index is 6.75. The van der Waals surface area contributed by atoms with E-state index >= 15 is 0 Å². The van der Waals surface area contributed by atoms with E-state index in [0.29, 0.717) is 0 Å². The van der Waals surface area contributed by atoms with Gasteiger partial charge < -0.3 is 4.43 Å². The van der Waals surface area contributed by atoms with Crippen LogP contribution in [0.4, 0.5) is 0 Å². The molecule has 0 saturated carbocycles. The molecule has 3 heteroatoms. The number of hydrogen-bond donors (Lipinski definition) is 0. The van der Waals surface area contributed by atoms with Crippen molar-refractivity contribution in [1.29, 1.82) is 0 Å². The van der Waals surface area contributed by atoms with Crippen LogP contribution in [0.1, 0.15) is 18.1 Å². The average molecular weight is 443 g/mol. The lowest BCUT2D eigenvalue weighted by molar-refractivity contribution is 0.212. The summed E-state index contributed by atoms with van der Waals surface area (Å²) in [4.78, 5) is 0. The minimum Gasteiger partial charge on any atom is -0.400 e. The van der Waals surface area contributed by atoms with Gasteiger partial charge >= 0.3 is 0 Å². The Bertz CT molecular complexity index is 679. The molecule has 0 amide bonds. The second-order valence-corrected chi connectivity index (χ2v) is 8.68. The van der Waals surface area contributed by atoms with Crippen LogP contribution in [0.25, 0.3) is 0 Å². The quantitative estimate of drug-likeness (QED) is 0.299. The second-order valence-electron chi connectivity index (χ2n) is 5.56. The monoisotopic (exact) mass is 443 g/mol. The Kier molecular flexibility index (Phi) is 6.63. The lowest BCUT2D eigenvalue weighted by atomic mass is 10.1. The summed E-state index contributed by atoms with van der Waals surface area (Å²) < 4.78 is 7.83. The van der Waals surface area contributed by atoms with Gasteiger partial charge in [0.25, 0.3) is 9.04 Å². The largest absolute Gasteiger partial charge is 0.400 e. The maximum atomic E-state index is 6.75. The molecule has 1 nitrogen and oxygen atoms in total. The van der Waals surface area contributed by atoms with Crippen LogP contribution in [0.15, 0.2) is 91.0 Å². The normalized spacial score (nSPS) is 12.2. The van der Waals surface area contributed by atoms with Crippen molar-refractivity contribution in [2.75, 3.05) is 4.43 Å². The van der Waals surface area contributed by atoms with E-state index in [1.54, 1.807) is 0 Å². The summed E-state index contributed by atoms with van der Waals surface area (Å²) in [5.41, 5.74) is 1.27. The molecule has 0 N–H and O–H groups in total. The predicted molar refractivity (Wildman–Crippen MR) is 112 cm³/mol. The molecule has 1 radical (unpaired) electrons. The van der Waals surface area contributed by atoms with E-state index in [9.17, 15) is 0 Å². The van der Waals surface area contributed by atoms with Gasteiger partial charge in [0.05, 0.1) is 6.10 Å². The number of hydrogen-bond acceptors (Lipinski definition) is 1. The average Bonchev–Trinajstić information content (AvgIpc) is 2.67. The molecule has 0 aromatic heterocycles. The Morgan fingerprint density at radius 1 is 0.708 bits per heavy atom. The molecule has 121 valence electrons. The topological polar surface area (TPSA) is 9.23 Å². The zero-order chi connectivity index (χ0) is 16.6. The fourth-order valence-corrected chi connectivity index (χ4v) is 5.38. The van der Waals surface area contributed by atoms with Crippen LogP contribution in [-0.2, 0) is 4.43 Å². The fourth-order valence-electron chi connectivity index (χ4n) is 2.68. The lowest BCUT2D eigenvalue weighted by Crippen LogP contribution is -2.45. The molecular formula is C21H20IOSi. The summed E-state index contributed by atoms with van der Waals surface area (Å²) in [6, 6.07) is 31.9. The Morgan fingerprint density at radius 3 is 1.62 bits per heavy atom. The molecule has 0 spiro atoms. The third kappa shape index (κ3) is 4.56. The van der Waals surface area contributed by atoms with Crippen molar-refractivity contribution in [1.82, 2.24) is 0 Å². The van der Waals surface area contributed by atoms with Crippen LogP contribution in [0, 0.1) is 0 Å². The molecule has 3 rings (SSSR count). The summed E-state index contributed by atoms with van der Waals surface area (Å²) in [6.07, 6.45) is 1.16. The van der Waals surface area contributed by atoms with Gasteiger partial charge in [0.15, 0.2) is 0 Å². The zero-order valence-corrected chi connectivity index (χ0v) is 16.6. The van der Waals surface area contributed by atoms with Crippen molar-refractivity contribution in [2.45, 2.75) is 12.5 Å². The summed E-state index contributed by atoms with van der Waals surface area (Å²) in [5.74, 6) is 0. The van der Waals surface area contributed by atoms with Crippen LogP contribution in [0.3, 0.4) is 0 Å². The number of benzene rings is 3. The minimum absolute atomic E-state index is 0.136. The second kappa shape index (κ2) is 9.16. The van der Waals surface area contributed by atoms with E-state index in [2.05, 4.69) is 114 Å². The molecule has 0 aliphatic carbocycles. The lowest BCUT2D eigenvalue weighted by Gasteiger charge is -2.24. The van der Waals surface area contributed by atoms with Crippen molar-refractivity contribution in [3.05, 3.63) is 96.6 Å². The van der Waals surface area contributed by atoms with Gasteiger partial charge in [0, 0.05) is 4.43 Å². The summed E-state index contributed by atoms with van der Waals surface area (Å²) in [6.45, 7) is 0. The van der Waals surface area contributed by atoms with E-state index in [-0.39, 0.29) is 6.10 Å². The highest BCUT2D eigenvalue weighted by Crippen LogP contribution is 2.23. The van der Waals surface area contributed by atoms with Gasteiger partial charge in [-0.2, -0.15) is 0 Å². The van der Waals surface area contributed by atoms with Gasteiger partial charge in [-0.15, -0.1) is 0 Å². The minimum atomic E-state index is -1.27. The smallest absolute Gasteiger partial charge is 0.283 e. The van der Waals surface area contributed by atoms with Crippen LogP contribution < -0.4 is 10.4 Å². The Balaban J connectivity index is 1.93. The van der Waals surface area contributed by atoms with Gasteiger partial charge in [-0.25, -0.2) is 0 Å². The van der Waals surface area contributed by atoms with E-state index < -0.39 is 9.04 Å². The van der Waals surface area contributed by atoms with Crippen molar-refractivity contribution < 1.29 is 4.43 Å². The first-order chi connectivity index (χ1) is 11.9. The first-order valence-electron chi connectivity index (χ1n) is 8.14. The van der Waals surface area contributed by atoms with Gasteiger partial charge in [-0.05, 0) is 22.4 Å². The predicted octanol–water partition coefficient (Wildman–Crippen LogP) is 4.38. The SMILES string of the molecule is ICCC(O[Si](c1ccccc1)c1ccccc1)c1ccccc1. The Morgan fingerprint density at radius 2 is 1.17 bits per heavy atom. The molecular weight excluding hydrogens is 423 g/mol. The Hall–Kier alpha value is -1.43. The van der Waals surface area contributed by atoms with E-state index in [4.69, 9.17) is 4.43 Å². The third-order valence-corrected chi connectivity index (χ3v) is 6.73. The van der Waals surface area contributed by atoms with E-state index in [1.165, 1.54) is 15.9 Å². The van der Waals surface area contributed by atoms with Crippen molar-refractivity contribution in [3.8, 4) is 0 Å². The summed E-state index contributed by atoms with van der Waals surface area (Å²) in [5, 5.41) is 2.59. The third-order valence-electron chi connectivity index (χ3n) is 3.87. The molecule has 0 fully saturated rings. The van der Waals surface area contributed by atoms with Gasteiger partial charge in [0.1, 0.15) is 0 Å². The van der Waals surface area contributed by atoms with Gasteiger partial charge in [0.2, 0.25) is 0 Å². The standard InChI is InChI=1S/C21H20IOSi/c22-17-16-21(18-10-4-1-5-11-18)23-24(19-12-6-2-7-13-19)20-14-8-3-9-15-20/h1-15,21H,16-17H2. The van der Waals surface area contributed by atoms with Crippen LogP contribution in [-0.4, -0.2) is 13.5 Å². The molecule has 3 aromatic rings. The Labute approximate surface area is 159 Å². The molecule has 0 aliphatic heterocycles. The van der Waals surface area contributed by atoms with E-state index in [0.717, 1.165) is 10.8 Å². The zero-order valence-electron chi connectivity index (χ0n) is 13.4. The van der Waals surface area contributed by atoms with Crippen molar-refractivity contribution in [3.63, 3.8) is 0 Å². The maximum Gasteiger partial charge on any atom is 0.283 e. The highest BCUT2D eigenvalue weighted by molar-refractivity contribution is 14.1. The summed E-state index contributed by atoms with van der Waals surface area (Å²) in [7, 11) is -1.27. The van der Waals surface area contributed by atoms with Crippen LogP contribution in [0.5, 0.6) is 0 Å². The molecule has 3 aromatic carbocycles. The van der Waals surface area contributed by atoms with E-state index in [1.807, 2.05) is 0 Å². The molecule has 24 heavy (non-hydrogen) atoms. The van der Waals surface area contributed by atoms with Crippen LogP contribution >= 0.6 is 22.6 Å². The highest BCUT2D eigenvalue weighted by atomic mass is 127.